The lowest BCUT2D eigenvalue weighted by molar-refractivity contribution is 0.250. The van der Waals surface area contributed by atoms with Crippen molar-refractivity contribution in [3.8, 4) is 0 Å². The van der Waals surface area contributed by atoms with Crippen LogP contribution in [0.25, 0.3) is 10.1 Å². The zero-order chi connectivity index (χ0) is 16.9. The van der Waals surface area contributed by atoms with Gasteiger partial charge in [-0.2, -0.15) is 0 Å². The van der Waals surface area contributed by atoms with Gasteiger partial charge >= 0.3 is 0 Å². The highest BCUT2D eigenvalue weighted by molar-refractivity contribution is 7.19. The van der Waals surface area contributed by atoms with E-state index >= 15 is 0 Å². The highest BCUT2D eigenvalue weighted by Crippen LogP contribution is 2.27. The van der Waals surface area contributed by atoms with Crippen molar-refractivity contribution in [2.75, 3.05) is 0 Å². The summed E-state index contributed by atoms with van der Waals surface area (Å²) < 4.78 is 1.37. The molecule has 0 N–H and O–H groups in total. The van der Waals surface area contributed by atoms with Gasteiger partial charge in [-0.05, 0) is 28.6 Å². The van der Waals surface area contributed by atoms with Crippen LogP contribution in [0.2, 0.25) is 0 Å². The summed E-state index contributed by atoms with van der Waals surface area (Å²) in [4.78, 5) is 3.95. The van der Waals surface area contributed by atoms with E-state index in [1.54, 1.807) is 0 Å². The Labute approximate surface area is 153 Å². The second-order valence-corrected chi connectivity index (χ2v) is 7.54. The highest BCUT2D eigenvalue weighted by Gasteiger charge is 2.10. The van der Waals surface area contributed by atoms with Gasteiger partial charge in [-0.3, -0.25) is 4.90 Å². The van der Waals surface area contributed by atoms with Gasteiger partial charge in [-0.15, -0.1) is 11.3 Å². The predicted molar refractivity (Wildman–Crippen MR) is 108 cm³/mol. The number of benzene rings is 3. The molecule has 0 unspecified atom stereocenters. The molecule has 3 aromatic carbocycles. The first-order valence-electron chi connectivity index (χ1n) is 8.64. The summed E-state index contributed by atoms with van der Waals surface area (Å²) in [6.45, 7) is 2.90. The van der Waals surface area contributed by atoms with Crippen molar-refractivity contribution in [2.24, 2.45) is 0 Å². The molecule has 2 heteroatoms. The molecule has 0 fully saturated rings. The third-order valence-corrected chi connectivity index (χ3v) is 5.45. The van der Waals surface area contributed by atoms with Crippen LogP contribution in [-0.2, 0) is 19.6 Å². The van der Waals surface area contributed by atoms with Crippen molar-refractivity contribution < 1.29 is 0 Å². The van der Waals surface area contributed by atoms with Crippen molar-refractivity contribution in [2.45, 2.75) is 19.6 Å². The maximum absolute atomic E-state index is 2.52. The van der Waals surface area contributed by atoms with Gasteiger partial charge in [0.1, 0.15) is 0 Å². The Hall–Kier alpha value is -2.42. The Morgan fingerprint density at radius 1 is 0.600 bits per heavy atom. The molecule has 1 heterocycles. The van der Waals surface area contributed by atoms with E-state index in [1.807, 2.05) is 11.3 Å². The van der Waals surface area contributed by atoms with Crippen LogP contribution in [0.3, 0.4) is 0 Å². The molecule has 0 aliphatic carbocycles. The normalized spacial score (nSPS) is 11.2. The van der Waals surface area contributed by atoms with E-state index in [0.29, 0.717) is 0 Å². The molecule has 0 saturated carbocycles. The van der Waals surface area contributed by atoms with Gasteiger partial charge < -0.3 is 0 Å². The number of nitrogens with zero attached hydrogens (tertiary/aromatic N) is 1. The summed E-state index contributed by atoms with van der Waals surface area (Å²) in [5, 5.41) is 1.35. The van der Waals surface area contributed by atoms with Crippen LogP contribution in [0, 0.1) is 0 Å². The van der Waals surface area contributed by atoms with E-state index in [2.05, 4.69) is 95.9 Å². The number of hydrogen-bond donors (Lipinski definition) is 0. The molecule has 25 heavy (non-hydrogen) atoms. The van der Waals surface area contributed by atoms with Gasteiger partial charge in [0, 0.05) is 29.2 Å². The summed E-state index contributed by atoms with van der Waals surface area (Å²) in [7, 11) is 0. The maximum atomic E-state index is 2.52. The zero-order valence-electron chi connectivity index (χ0n) is 14.1. The van der Waals surface area contributed by atoms with Crippen molar-refractivity contribution >= 4 is 21.4 Å². The van der Waals surface area contributed by atoms with E-state index in [9.17, 15) is 0 Å². The second-order valence-electron chi connectivity index (χ2n) is 6.37. The largest absolute Gasteiger partial charge is 0.290 e. The average molecular weight is 343 g/mol. The summed E-state index contributed by atoms with van der Waals surface area (Å²) in [6, 6.07) is 32.5. The fraction of sp³-hybridized carbons (Fsp3) is 0.130. The summed E-state index contributed by atoms with van der Waals surface area (Å²) in [5.74, 6) is 0. The lowest BCUT2D eigenvalue weighted by Crippen LogP contribution is -2.21. The molecule has 0 spiro atoms. The Morgan fingerprint density at radius 2 is 1.16 bits per heavy atom. The monoisotopic (exact) mass is 343 g/mol. The lowest BCUT2D eigenvalue weighted by Gasteiger charge is -2.22. The topological polar surface area (TPSA) is 3.24 Å². The first-order chi connectivity index (χ1) is 12.4. The minimum atomic E-state index is 0.962. The van der Waals surface area contributed by atoms with E-state index in [-0.39, 0.29) is 0 Å². The Morgan fingerprint density at radius 3 is 1.76 bits per heavy atom. The predicted octanol–water partition coefficient (Wildman–Crippen LogP) is 6.10. The van der Waals surface area contributed by atoms with Gasteiger partial charge in [0.25, 0.3) is 0 Å². The van der Waals surface area contributed by atoms with Crippen molar-refractivity contribution in [1.29, 1.82) is 0 Å². The molecule has 4 rings (SSSR count). The minimum Gasteiger partial charge on any atom is -0.290 e. The van der Waals surface area contributed by atoms with Crippen LogP contribution in [-0.4, -0.2) is 4.90 Å². The van der Waals surface area contributed by atoms with Gasteiger partial charge in [-0.25, -0.2) is 0 Å². The van der Waals surface area contributed by atoms with Crippen LogP contribution in [0.15, 0.2) is 91.0 Å². The third-order valence-electron chi connectivity index (χ3n) is 4.35. The first-order valence-corrected chi connectivity index (χ1v) is 9.46. The molecule has 0 saturated heterocycles. The van der Waals surface area contributed by atoms with E-state index in [0.717, 1.165) is 19.6 Å². The number of thiophene rings is 1. The molecule has 0 radical (unpaired) electrons. The van der Waals surface area contributed by atoms with Crippen LogP contribution in [0.4, 0.5) is 0 Å². The smallest absolute Gasteiger partial charge is 0.0346 e. The fourth-order valence-corrected chi connectivity index (χ4v) is 4.29. The summed E-state index contributed by atoms with van der Waals surface area (Å²) in [5.41, 5.74) is 2.72. The standard InChI is InChI=1S/C23H21NS/c1-3-9-19(10-4-1)16-24(17-20-11-5-2-6-12-20)18-22-15-21-13-7-8-14-23(21)25-22/h1-15H,16-18H2. The third kappa shape index (κ3) is 4.16. The Balaban J connectivity index is 1.57. The molecule has 0 amide bonds. The fourth-order valence-electron chi connectivity index (χ4n) is 3.19. The van der Waals surface area contributed by atoms with Crippen molar-refractivity contribution in [3.63, 3.8) is 0 Å². The molecule has 0 atom stereocenters. The average Bonchev–Trinajstić information content (AvgIpc) is 3.05. The number of hydrogen-bond acceptors (Lipinski definition) is 2. The van der Waals surface area contributed by atoms with Gasteiger partial charge in [0.2, 0.25) is 0 Å². The van der Waals surface area contributed by atoms with Crippen LogP contribution >= 0.6 is 11.3 Å². The Bertz CT molecular complexity index is 853. The lowest BCUT2D eigenvalue weighted by atomic mass is 10.1. The summed E-state index contributed by atoms with van der Waals surface area (Å²) >= 11 is 1.91. The first kappa shape index (κ1) is 16.1. The van der Waals surface area contributed by atoms with E-state index in [1.165, 1.54) is 26.1 Å². The Kier molecular flexibility index (Phi) is 4.91. The molecule has 1 nitrogen and oxygen atoms in total. The van der Waals surface area contributed by atoms with Crippen LogP contribution in [0.1, 0.15) is 16.0 Å². The molecule has 0 aliphatic heterocycles. The van der Waals surface area contributed by atoms with Gasteiger partial charge in [-0.1, -0.05) is 78.9 Å². The minimum absolute atomic E-state index is 0.962. The van der Waals surface area contributed by atoms with E-state index < -0.39 is 0 Å². The van der Waals surface area contributed by atoms with E-state index in [4.69, 9.17) is 0 Å². The highest BCUT2D eigenvalue weighted by atomic mass is 32.1. The SMILES string of the molecule is c1ccc(CN(Cc2ccccc2)Cc2cc3ccccc3s2)cc1. The molecule has 1 aromatic heterocycles. The van der Waals surface area contributed by atoms with Crippen LogP contribution in [0.5, 0.6) is 0 Å². The maximum Gasteiger partial charge on any atom is 0.0346 e. The zero-order valence-corrected chi connectivity index (χ0v) is 15.0. The van der Waals surface area contributed by atoms with Gasteiger partial charge in [0.05, 0.1) is 0 Å². The summed E-state index contributed by atoms with van der Waals surface area (Å²) in [6.07, 6.45) is 0. The molecule has 124 valence electrons. The van der Waals surface area contributed by atoms with Gasteiger partial charge in [0.15, 0.2) is 0 Å². The van der Waals surface area contributed by atoms with Crippen LogP contribution < -0.4 is 0 Å². The van der Waals surface area contributed by atoms with Crippen molar-refractivity contribution in [3.05, 3.63) is 107 Å². The van der Waals surface area contributed by atoms with Crippen molar-refractivity contribution in [1.82, 2.24) is 4.90 Å². The molecule has 0 aliphatic rings. The molecule has 0 bridgehead atoms. The quantitative estimate of drug-likeness (QED) is 0.408. The molecule has 4 aromatic rings. The molecular formula is C23H21NS. The number of rotatable bonds is 6. The number of fused-ring (bicyclic) bond motifs is 1. The molecular weight excluding hydrogens is 322 g/mol. The second kappa shape index (κ2) is 7.64.